The fraction of sp³-hybridized carbons (Fsp3) is 0.208. The van der Waals surface area contributed by atoms with Gasteiger partial charge in [-0.05, 0) is 61.6 Å². The molecule has 1 aliphatic heterocycles. The summed E-state index contributed by atoms with van der Waals surface area (Å²) in [4.78, 5) is 32.6. The number of ether oxygens (including phenoxy) is 1. The minimum atomic E-state index is -0.622. The normalized spacial score (nSPS) is 16.0. The maximum Gasteiger partial charge on any atom is 0.338 e. The Morgan fingerprint density at radius 2 is 1.91 bits per heavy atom. The number of nitrogens with zero attached hydrogens (tertiary/aromatic N) is 2. The van der Waals surface area contributed by atoms with Crippen molar-refractivity contribution in [2.75, 3.05) is 12.9 Å². The number of aromatic nitrogens is 1. The summed E-state index contributed by atoms with van der Waals surface area (Å²) in [7, 11) is 0. The Balaban J connectivity index is 1.93. The molecule has 0 saturated carbocycles. The monoisotopic (exact) mass is 466 g/mol. The van der Waals surface area contributed by atoms with Crippen LogP contribution in [0.2, 0.25) is 0 Å². The number of fused-ring (bicyclic) bond motifs is 1. The number of hydrogen-bond donors (Lipinski definition) is 1. The highest BCUT2D eigenvalue weighted by Gasteiger charge is 2.33. The van der Waals surface area contributed by atoms with E-state index in [4.69, 9.17) is 4.74 Å². The second-order valence-corrected chi connectivity index (χ2v) is 9.06. The molecule has 8 heteroatoms. The Bertz CT molecular complexity index is 1370. The molecule has 0 saturated heterocycles. The van der Waals surface area contributed by atoms with E-state index in [0.29, 0.717) is 20.6 Å². The first-order chi connectivity index (χ1) is 15.4. The summed E-state index contributed by atoms with van der Waals surface area (Å²) >= 11 is 2.90. The Kier molecular flexibility index (Phi) is 6.34. The predicted molar refractivity (Wildman–Crippen MR) is 127 cm³/mol. The molecule has 0 bridgehead atoms. The van der Waals surface area contributed by atoms with Crippen LogP contribution in [0.1, 0.15) is 31.0 Å². The van der Waals surface area contributed by atoms with E-state index in [-0.39, 0.29) is 17.9 Å². The molecule has 2 aromatic carbocycles. The van der Waals surface area contributed by atoms with Gasteiger partial charge in [0.2, 0.25) is 0 Å². The number of hydrogen-bond acceptors (Lipinski definition) is 7. The van der Waals surface area contributed by atoms with Crippen molar-refractivity contribution in [2.45, 2.75) is 24.8 Å². The average Bonchev–Trinajstić information content (AvgIpc) is 3.09. The van der Waals surface area contributed by atoms with E-state index in [2.05, 4.69) is 4.99 Å². The van der Waals surface area contributed by atoms with Crippen LogP contribution in [-0.2, 0) is 9.53 Å². The molecule has 164 valence electrons. The summed E-state index contributed by atoms with van der Waals surface area (Å²) in [6.07, 6.45) is 3.76. The zero-order valence-corrected chi connectivity index (χ0v) is 19.5. The smallest absolute Gasteiger partial charge is 0.338 e. The number of thiazole rings is 1. The second-order valence-electron chi connectivity index (χ2n) is 7.17. The molecule has 0 spiro atoms. The molecular formula is C24H22N2O4S2. The lowest BCUT2D eigenvalue weighted by Gasteiger charge is -2.24. The molecule has 6 nitrogen and oxygen atoms in total. The summed E-state index contributed by atoms with van der Waals surface area (Å²) in [5, 5.41) is 9.52. The van der Waals surface area contributed by atoms with E-state index in [1.54, 1.807) is 60.5 Å². The molecule has 3 aromatic rings. The maximum absolute atomic E-state index is 13.5. The molecule has 1 N–H and O–H groups in total. The van der Waals surface area contributed by atoms with Gasteiger partial charge in [0.15, 0.2) is 4.80 Å². The number of phenolic OH excluding ortho intramolecular Hbond substituents is 1. The van der Waals surface area contributed by atoms with Crippen molar-refractivity contribution in [1.82, 2.24) is 4.57 Å². The molecule has 32 heavy (non-hydrogen) atoms. The molecule has 1 aliphatic rings. The number of benzene rings is 2. The fourth-order valence-electron chi connectivity index (χ4n) is 3.62. The van der Waals surface area contributed by atoms with Crippen molar-refractivity contribution in [2.24, 2.45) is 4.99 Å². The summed E-state index contributed by atoms with van der Waals surface area (Å²) in [5.74, 6) is -0.312. The zero-order valence-electron chi connectivity index (χ0n) is 17.9. The first kappa shape index (κ1) is 22.1. The van der Waals surface area contributed by atoms with Crippen molar-refractivity contribution in [3.8, 4) is 5.75 Å². The summed E-state index contributed by atoms with van der Waals surface area (Å²) in [6.45, 7) is 3.76. The highest BCUT2D eigenvalue weighted by atomic mass is 32.2. The Morgan fingerprint density at radius 3 is 2.53 bits per heavy atom. The molecular weight excluding hydrogens is 444 g/mol. The van der Waals surface area contributed by atoms with Crippen LogP contribution >= 0.6 is 23.1 Å². The van der Waals surface area contributed by atoms with Crippen LogP contribution in [0.3, 0.4) is 0 Å². The molecule has 0 amide bonds. The van der Waals surface area contributed by atoms with E-state index in [1.807, 2.05) is 30.5 Å². The number of aromatic hydroxyl groups is 1. The SMILES string of the molecule is CCOC(=O)C1=C(C)N=c2sc(=Cc3ccc(O)cc3)c(=O)n2[C@H]1c1ccc(SC)cc1. The van der Waals surface area contributed by atoms with Gasteiger partial charge in [-0.15, -0.1) is 11.8 Å². The predicted octanol–water partition coefficient (Wildman–Crippen LogP) is 3.23. The lowest BCUT2D eigenvalue weighted by molar-refractivity contribution is -0.139. The number of rotatable bonds is 5. The molecule has 2 heterocycles. The van der Waals surface area contributed by atoms with Crippen LogP contribution in [0.4, 0.5) is 0 Å². The van der Waals surface area contributed by atoms with Crippen LogP contribution in [-0.4, -0.2) is 28.5 Å². The third-order valence-electron chi connectivity index (χ3n) is 5.14. The van der Waals surface area contributed by atoms with E-state index >= 15 is 0 Å². The molecule has 0 fully saturated rings. The Labute approximate surface area is 193 Å². The Morgan fingerprint density at radius 1 is 1.22 bits per heavy atom. The van der Waals surface area contributed by atoms with Crippen LogP contribution in [0, 0.1) is 0 Å². The molecule has 0 aliphatic carbocycles. The van der Waals surface area contributed by atoms with Crippen LogP contribution in [0.5, 0.6) is 5.75 Å². The molecule has 0 unspecified atom stereocenters. The van der Waals surface area contributed by atoms with E-state index in [0.717, 1.165) is 16.0 Å². The zero-order chi connectivity index (χ0) is 22.8. The number of allylic oxidation sites excluding steroid dienone is 1. The highest BCUT2D eigenvalue weighted by molar-refractivity contribution is 7.98. The lowest BCUT2D eigenvalue weighted by atomic mass is 9.96. The largest absolute Gasteiger partial charge is 0.508 e. The highest BCUT2D eigenvalue weighted by Crippen LogP contribution is 2.31. The quantitative estimate of drug-likeness (QED) is 0.461. The maximum atomic E-state index is 13.5. The van der Waals surface area contributed by atoms with Crippen LogP contribution in [0.25, 0.3) is 6.08 Å². The van der Waals surface area contributed by atoms with Crippen molar-refractivity contribution in [1.29, 1.82) is 0 Å². The number of carbonyl (C=O) groups excluding carboxylic acids is 1. The van der Waals surface area contributed by atoms with Gasteiger partial charge in [-0.3, -0.25) is 9.36 Å². The summed E-state index contributed by atoms with van der Waals surface area (Å²) < 4.78 is 7.38. The van der Waals surface area contributed by atoms with Gasteiger partial charge < -0.3 is 9.84 Å². The van der Waals surface area contributed by atoms with Gasteiger partial charge in [-0.25, -0.2) is 9.79 Å². The minimum Gasteiger partial charge on any atom is -0.508 e. The Hall–Kier alpha value is -3.10. The van der Waals surface area contributed by atoms with Gasteiger partial charge in [0.25, 0.3) is 5.56 Å². The first-order valence-corrected chi connectivity index (χ1v) is 12.1. The van der Waals surface area contributed by atoms with Gasteiger partial charge >= 0.3 is 5.97 Å². The fourth-order valence-corrected chi connectivity index (χ4v) is 5.07. The molecule has 4 rings (SSSR count). The number of phenols is 1. The minimum absolute atomic E-state index is 0.159. The van der Waals surface area contributed by atoms with E-state index < -0.39 is 12.0 Å². The van der Waals surface area contributed by atoms with Crippen molar-refractivity contribution < 1.29 is 14.6 Å². The van der Waals surface area contributed by atoms with Gasteiger partial charge in [0, 0.05) is 4.90 Å². The summed E-state index contributed by atoms with van der Waals surface area (Å²) in [5.41, 5.74) is 2.29. The van der Waals surface area contributed by atoms with E-state index in [1.165, 1.54) is 11.3 Å². The van der Waals surface area contributed by atoms with Crippen LogP contribution < -0.4 is 14.9 Å². The molecule has 1 aromatic heterocycles. The van der Waals surface area contributed by atoms with Gasteiger partial charge in [0.05, 0.1) is 28.5 Å². The molecule has 0 radical (unpaired) electrons. The van der Waals surface area contributed by atoms with E-state index in [9.17, 15) is 14.7 Å². The number of carbonyl (C=O) groups is 1. The summed E-state index contributed by atoms with van der Waals surface area (Å²) in [6, 6.07) is 13.8. The first-order valence-electron chi connectivity index (χ1n) is 10.1. The molecule has 1 atom stereocenters. The van der Waals surface area contributed by atoms with Gasteiger partial charge in [-0.1, -0.05) is 35.6 Å². The lowest BCUT2D eigenvalue weighted by Crippen LogP contribution is -2.39. The average molecular weight is 467 g/mol. The third kappa shape index (κ3) is 4.16. The third-order valence-corrected chi connectivity index (χ3v) is 6.87. The van der Waals surface area contributed by atoms with Crippen molar-refractivity contribution in [3.05, 3.63) is 90.6 Å². The van der Waals surface area contributed by atoms with Crippen LogP contribution in [0.15, 0.2) is 74.5 Å². The van der Waals surface area contributed by atoms with Crippen molar-refractivity contribution >= 4 is 35.1 Å². The van der Waals surface area contributed by atoms with Crippen molar-refractivity contribution in [3.63, 3.8) is 0 Å². The number of thioether (sulfide) groups is 1. The topological polar surface area (TPSA) is 80.9 Å². The van der Waals surface area contributed by atoms with Gasteiger partial charge in [-0.2, -0.15) is 0 Å². The number of esters is 1. The standard InChI is InChI=1S/C24H22N2O4S2/c1-4-30-23(29)20-14(2)25-24-26(21(20)16-7-11-18(31-3)12-8-16)22(28)19(32-24)13-15-5-9-17(27)10-6-15/h5-13,21,27H,4H2,1-3H3/t21-/m0/s1. The van der Waals surface area contributed by atoms with Gasteiger partial charge in [0.1, 0.15) is 5.75 Å². The second kappa shape index (κ2) is 9.18.